The second kappa shape index (κ2) is 5.21. The van der Waals surface area contributed by atoms with Gasteiger partial charge in [0.05, 0.1) is 12.6 Å². The highest BCUT2D eigenvalue weighted by atomic mass is 16.5. The van der Waals surface area contributed by atoms with Crippen molar-refractivity contribution in [2.45, 2.75) is 18.9 Å². The Morgan fingerprint density at radius 2 is 2.12 bits per heavy atom. The van der Waals surface area contributed by atoms with E-state index in [9.17, 15) is 4.79 Å². The Balaban J connectivity index is 1.59. The number of para-hydroxylation sites is 1. The number of fused-ring (bicyclic) bond motifs is 6. The molecule has 124 valence electrons. The number of carbonyl (C=O) groups is 1. The average Bonchev–Trinajstić information content (AvgIpc) is 2.78. The molecule has 4 heteroatoms. The third kappa shape index (κ3) is 1.99. The SMILES string of the molecule is Cn1c2c(c3ccccc31)CCN1C[C@H]3COC(=O)C=C[C@@H]3C[C@H]21. The molecule has 0 aliphatic carbocycles. The van der Waals surface area contributed by atoms with Crippen molar-refractivity contribution in [2.24, 2.45) is 18.9 Å². The van der Waals surface area contributed by atoms with Crippen molar-refractivity contribution in [2.75, 3.05) is 19.7 Å². The predicted molar refractivity (Wildman–Crippen MR) is 92.6 cm³/mol. The molecule has 5 rings (SSSR count). The van der Waals surface area contributed by atoms with Gasteiger partial charge in [0.25, 0.3) is 0 Å². The summed E-state index contributed by atoms with van der Waals surface area (Å²) in [6, 6.07) is 9.20. The summed E-state index contributed by atoms with van der Waals surface area (Å²) in [5.41, 5.74) is 4.34. The summed E-state index contributed by atoms with van der Waals surface area (Å²) >= 11 is 0. The number of hydrogen-bond acceptors (Lipinski definition) is 3. The molecule has 3 aliphatic heterocycles. The molecular formula is C20H22N2O2. The molecule has 1 aromatic heterocycles. The Bertz CT molecular complexity index is 851. The van der Waals surface area contributed by atoms with Crippen molar-refractivity contribution in [3.8, 4) is 0 Å². The molecule has 3 atom stereocenters. The molecule has 2 aromatic rings. The maximum Gasteiger partial charge on any atom is 0.330 e. The fraction of sp³-hybridized carbons (Fsp3) is 0.450. The number of ether oxygens (including phenoxy) is 1. The van der Waals surface area contributed by atoms with E-state index in [1.807, 2.05) is 0 Å². The van der Waals surface area contributed by atoms with Crippen molar-refractivity contribution in [1.82, 2.24) is 9.47 Å². The fourth-order valence-corrected chi connectivity index (χ4v) is 4.98. The second-order valence-electron chi connectivity index (χ2n) is 7.35. The van der Waals surface area contributed by atoms with Crippen molar-refractivity contribution in [3.05, 3.63) is 47.7 Å². The van der Waals surface area contributed by atoms with Gasteiger partial charge in [0.1, 0.15) is 0 Å². The summed E-state index contributed by atoms with van der Waals surface area (Å²) in [5.74, 6) is 0.675. The van der Waals surface area contributed by atoms with Gasteiger partial charge in [-0.25, -0.2) is 4.79 Å². The van der Waals surface area contributed by atoms with E-state index in [0.717, 1.165) is 25.9 Å². The normalized spacial score (nSPS) is 29.5. The van der Waals surface area contributed by atoms with Gasteiger partial charge in [-0.15, -0.1) is 0 Å². The fourth-order valence-electron chi connectivity index (χ4n) is 4.98. The first-order chi connectivity index (χ1) is 11.7. The number of aryl methyl sites for hydroxylation is 1. The van der Waals surface area contributed by atoms with Crippen LogP contribution in [0.3, 0.4) is 0 Å². The smallest absolute Gasteiger partial charge is 0.330 e. The summed E-state index contributed by atoms with van der Waals surface area (Å²) in [5, 5.41) is 1.41. The number of rotatable bonds is 0. The zero-order valence-corrected chi connectivity index (χ0v) is 13.9. The molecular weight excluding hydrogens is 300 g/mol. The van der Waals surface area contributed by atoms with Gasteiger partial charge in [-0.3, -0.25) is 4.90 Å². The van der Waals surface area contributed by atoms with Crippen molar-refractivity contribution < 1.29 is 9.53 Å². The zero-order chi connectivity index (χ0) is 16.3. The van der Waals surface area contributed by atoms with Crippen molar-refractivity contribution in [1.29, 1.82) is 0 Å². The lowest BCUT2D eigenvalue weighted by atomic mass is 9.78. The molecule has 0 amide bonds. The molecule has 3 aliphatic rings. The Kier molecular flexibility index (Phi) is 3.10. The molecule has 0 spiro atoms. The van der Waals surface area contributed by atoms with Gasteiger partial charge in [0.15, 0.2) is 0 Å². The first-order valence-electron chi connectivity index (χ1n) is 8.87. The highest BCUT2D eigenvalue weighted by molar-refractivity contribution is 5.86. The second-order valence-corrected chi connectivity index (χ2v) is 7.35. The molecule has 0 bridgehead atoms. The third-order valence-electron chi connectivity index (χ3n) is 6.16. The summed E-state index contributed by atoms with van der Waals surface area (Å²) in [7, 11) is 2.20. The number of aromatic nitrogens is 1. The zero-order valence-electron chi connectivity index (χ0n) is 13.9. The molecule has 1 saturated heterocycles. The van der Waals surface area contributed by atoms with Crippen LogP contribution in [0.5, 0.6) is 0 Å². The Morgan fingerprint density at radius 3 is 3.04 bits per heavy atom. The van der Waals surface area contributed by atoms with Gasteiger partial charge in [-0.1, -0.05) is 24.3 Å². The van der Waals surface area contributed by atoms with Crippen LogP contribution in [-0.4, -0.2) is 35.1 Å². The monoisotopic (exact) mass is 322 g/mol. The number of piperidine rings is 1. The lowest BCUT2D eigenvalue weighted by Gasteiger charge is -2.45. The highest BCUT2D eigenvalue weighted by Crippen LogP contribution is 2.44. The van der Waals surface area contributed by atoms with Crippen molar-refractivity contribution >= 4 is 16.9 Å². The minimum absolute atomic E-state index is 0.187. The number of hydrogen-bond donors (Lipinski definition) is 0. The lowest BCUT2D eigenvalue weighted by Crippen LogP contribution is -2.47. The first kappa shape index (κ1) is 14.3. The minimum atomic E-state index is -0.187. The molecule has 1 fully saturated rings. The van der Waals surface area contributed by atoms with E-state index in [0.29, 0.717) is 24.5 Å². The van der Waals surface area contributed by atoms with Crippen LogP contribution in [0, 0.1) is 11.8 Å². The van der Waals surface area contributed by atoms with E-state index in [1.165, 1.54) is 22.2 Å². The van der Waals surface area contributed by atoms with Crippen LogP contribution in [0.2, 0.25) is 0 Å². The molecule has 4 heterocycles. The van der Waals surface area contributed by atoms with E-state index in [-0.39, 0.29) is 5.97 Å². The Morgan fingerprint density at radius 1 is 1.25 bits per heavy atom. The van der Waals surface area contributed by atoms with Gasteiger partial charge < -0.3 is 9.30 Å². The number of benzene rings is 1. The van der Waals surface area contributed by atoms with Crippen LogP contribution >= 0.6 is 0 Å². The van der Waals surface area contributed by atoms with Crippen LogP contribution in [0.4, 0.5) is 0 Å². The van der Waals surface area contributed by atoms with Gasteiger partial charge in [-0.2, -0.15) is 0 Å². The van der Waals surface area contributed by atoms with Gasteiger partial charge in [0, 0.05) is 48.7 Å². The van der Waals surface area contributed by atoms with Crippen LogP contribution in [0.1, 0.15) is 23.7 Å². The molecule has 0 unspecified atom stereocenters. The highest BCUT2D eigenvalue weighted by Gasteiger charge is 2.41. The standard InChI is InChI=1S/C20H22N2O2/c1-21-17-5-3-2-4-15(17)16-8-9-22-11-14-12-24-19(23)7-6-13(14)10-18(22)20(16)21/h2-7,13-14,18H,8-12H2,1H3/t13-,14+,18-/m1/s1. The number of cyclic esters (lactones) is 1. The maximum absolute atomic E-state index is 11.6. The van der Waals surface area contributed by atoms with Crippen LogP contribution in [0.25, 0.3) is 10.9 Å². The minimum Gasteiger partial charge on any atom is -0.462 e. The van der Waals surface area contributed by atoms with Gasteiger partial charge >= 0.3 is 5.97 Å². The summed E-state index contributed by atoms with van der Waals surface area (Å²) in [6.45, 7) is 2.68. The molecule has 0 radical (unpaired) electrons. The summed E-state index contributed by atoms with van der Waals surface area (Å²) < 4.78 is 7.73. The van der Waals surface area contributed by atoms with E-state index >= 15 is 0 Å². The Labute approximate surface area is 141 Å². The largest absolute Gasteiger partial charge is 0.462 e. The van der Waals surface area contributed by atoms with Gasteiger partial charge in [0.2, 0.25) is 0 Å². The summed E-state index contributed by atoms with van der Waals surface area (Å²) in [4.78, 5) is 14.2. The van der Waals surface area contributed by atoms with Crippen molar-refractivity contribution in [3.63, 3.8) is 0 Å². The molecule has 0 N–H and O–H groups in total. The predicted octanol–water partition coefficient (Wildman–Crippen LogP) is 2.83. The van der Waals surface area contributed by atoms with E-state index in [2.05, 4.69) is 46.9 Å². The van der Waals surface area contributed by atoms with E-state index in [1.54, 1.807) is 6.08 Å². The third-order valence-corrected chi connectivity index (χ3v) is 6.16. The maximum atomic E-state index is 11.6. The quantitative estimate of drug-likeness (QED) is 0.700. The Hall–Kier alpha value is -2.07. The average molecular weight is 322 g/mol. The number of esters is 1. The van der Waals surface area contributed by atoms with Gasteiger partial charge in [-0.05, 0) is 30.4 Å². The molecule has 0 saturated carbocycles. The molecule has 4 nitrogen and oxygen atoms in total. The summed E-state index contributed by atoms with van der Waals surface area (Å²) in [6.07, 6.45) is 5.91. The lowest BCUT2D eigenvalue weighted by molar-refractivity contribution is -0.139. The van der Waals surface area contributed by atoms with Crippen LogP contribution < -0.4 is 0 Å². The number of nitrogens with zero attached hydrogens (tertiary/aromatic N) is 2. The topological polar surface area (TPSA) is 34.5 Å². The molecule has 24 heavy (non-hydrogen) atoms. The number of allylic oxidation sites excluding steroid dienone is 1. The number of carbonyl (C=O) groups excluding carboxylic acids is 1. The van der Waals surface area contributed by atoms with Crippen LogP contribution in [-0.2, 0) is 23.0 Å². The molecule has 1 aromatic carbocycles. The van der Waals surface area contributed by atoms with E-state index in [4.69, 9.17) is 4.74 Å². The first-order valence-corrected chi connectivity index (χ1v) is 8.87. The van der Waals surface area contributed by atoms with Crippen LogP contribution in [0.15, 0.2) is 36.4 Å². The van der Waals surface area contributed by atoms with E-state index < -0.39 is 0 Å².